The summed E-state index contributed by atoms with van der Waals surface area (Å²) in [4.78, 5) is 11.5. The van der Waals surface area contributed by atoms with Gasteiger partial charge in [0.2, 0.25) is 0 Å². The standard InChI is InChI=1S/C11H16Cl3NO/c1-5-10(4,7-6-8(2)3)15-9(16)11(12,13)14/h5-6H,1,7H2,2-4H3,(H,15,16). The molecule has 0 aromatic carbocycles. The van der Waals surface area contributed by atoms with E-state index >= 15 is 0 Å². The minimum absolute atomic E-state index is 0.602. The summed E-state index contributed by atoms with van der Waals surface area (Å²) in [5.41, 5.74) is 0.536. The second-order valence-corrected chi connectivity index (χ2v) is 6.34. The molecule has 1 unspecified atom stereocenters. The second kappa shape index (κ2) is 5.95. The Kier molecular flexibility index (Phi) is 5.88. The second-order valence-electron chi connectivity index (χ2n) is 4.06. The Balaban J connectivity index is 4.68. The van der Waals surface area contributed by atoms with Crippen molar-refractivity contribution in [1.29, 1.82) is 0 Å². The molecule has 0 aliphatic heterocycles. The Morgan fingerprint density at radius 2 is 1.88 bits per heavy atom. The van der Waals surface area contributed by atoms with Crippen molar-refractivity contribution >= 4 is 40.7 Å². The lowest BCUT2D eigenvalue weighted by molar-refractivity contribution is -0.121. The molecular formula is C11H16Cl3NO. The van der Waals surface area contributed by atoms with Gasteiger partial charge in [-0.25, -0.2) is 0 Å². The smallest absolute Gasteiger partial charge is 0.272 e. The fraction of sp³-hybridized carbons (Fsp3) is 0.545. The average Bonchev–Trinajstić information content (AvgIpc) is 2.13. The summed E-state index contributed by atoms with van der Waals surface area (Å²) in [7, 11) is 0. The van der Waals surface area contributed by atoms with Crippen molar-refractivity contribution in [3.63, 3.8) is 0 Å². The van der Waals surface area contributed by atoms with E-state index in [4.69, 9.17) is 34.8 Å². The van der Waals surface area contributed by atoms with E-state index in [1.54, 1.807) is 6.08 Å². The number of allylic oxidation sites excluding steroid dienone is 1. The van der Waals surface area contributed by atoms with Crippen molar-refractivity contribution < 1.29 is 4.79 Å². The number of nitrogens with one attached hydrogen (secondary N) is 1. The fourth-order valence-corrected chi connectivity index (χ4v) is 1.07. The number of amides is 1. The minimum atomic E-state index is -1.95. The van der Waals surface area contributed by atoms with E-state index in [1.165, 1.54) is 0 Å². The summed E-state index contributed by atoms with van der Waals surface area (Å²) >= 11 is 16.4. The molecular weight excluding hydrogens is 268 g/mol. The summed E-state index contributed by atoms with van der Waals surface area (Å²) in [6.45, 7) is 9.43. The molecule has 0 heterocycles. The van der Waals surface area contributed by atoms with Gasteiger partial charge in [0.15, 0.2) is 0 Å². The minimum Gasteiger partial charge on any atom is -0.343 e. The maximum absolute atomic E-state index is 11.5. The molecule has 0 aliphatic carbocycles. The van der Waals surface area contributed by atoms with E-state index in [0.717, 1.165) is 5.57 Å². The van der Waals surface area contributed by atoms with Gasteiger partial charge in [-0.05, 0) is 27.2 Å². The first-order chi connectivity index (χ1) is 7.10. The molecule has 0 aliphatic rings. The highest BCUT2D eigenvalue weighted by atomic mass is 35.6. The lowest BCUT2D eigenvalue weighted by Crippen LogP contribution is -2.48. The molecule has 0 saturated carbocycles. The molecule has 5 heteroatoms. The van der Waals surface area contributed by atoms with E-state index in [1.807, 2.05) is 26.8 Å². The van der Waals surface area contributed by atoms with Crippen LogP contribution in [-0.4, -0.2) is 15.2 Å². The molecule has 0 rings (SSSR count). The molecule has 1 N–H and O–H groups in total. The SMILES string of the molecule is C=CC(C)(CC=C(C)C)NC(=O)C(Cl)(Cl)Cl. The van der Waals surface area contributed by atoms with Crippen LogP contribution in [0, 0.1) is 0 Å². The van der Waals surface area contributed by atoms with E-state index < -0.39 is 15.2 Å². The van der Waals surface area contributed by atoms with Gasteiger partial charge < -0.3 is 5.32 Å². The highest BCUT2D eigenvalue weighted by Gasteiger charge is 2.34. The van der Waals surface area contributed by atoms with Gasteiger partial charge in [-0.1, -0.05) is 52.5 Å². The van der Waals surface area contributed by atoms with Crippen LogP contribution in [0.1, 0.15) is 27.2 Å². The van der Waals surface area contributed by atoms with Crippen molar-refractivity contribution in [2.45, 2.75) is 36.5 Å². The summed E-state index contributed by atoms with van der Waals surface area (Å²) in [6.07, 6.45) is 4.21. The van der Waals surface area contributed by atoms with E-state index in [2.05, 4.69) is 11.9 Å². The fourth-order valence-electron chi connectivity index (χ4n) is 0.932. The highest BCUT2D eigenvalue weighted by Crippen LogP contribution is 2.27. The van der Waals surface area contributed by atoms with E-state index in [0.29, 0.717) is 6.42 Å². The average molecular weight is 285 g/mol. The van der Waals surface area contributed by atoms with Crippen LogP contribution in [0.15, 0.2) is 24.3 Å². The molecule has 0 spiro atoms. The van der Waals surface area contributed by atoms with E-state index in [-0.39, 0.29) is 0 Å². The number of carbonyl (C=O) groups excluding carboxylic acids is 1. The lowest BCUT2D eigenvalue weighted by Gasteiger charge is -2.28. The maximum Gasteiger partial charge on any atom is 0.272 e. The zero-order chi connectivity index (χ0) is 13.0. The lowest BCUT2D eigenvalue weighted by atomic mass is 9.96. The Hall–Kier alpha value is -0.180. The molecule has 16 heavy (non-hydrogen) atoms. The van der Waals surface area contributed by atoms with Crippen molar-refractivity contribution in [3.8, 4) is 0 Å². The van der Waals surface area contributed by atoms with Crippen LogP contribution in [0.2, 0.25) is 0 Å². The third-order valence-corrected chi connectivity index (χ3v) is 2.56. The summed E-state index contributed by atoms with van der Waals surface area (Å²) in [6, 6.07) is 0. The molecule has 1 amide bonds. The van der Waals surface area contributed by atoms with Crippen molar-refractivity contribution in [3.05, 3.63) is 24.3 Å². The van der Waals surface area contributed by atoms with Gasteiger partial charge >= 0.3 is 0 Å². The molecule has 0 radical (unpaired) electrons. The van der Waals surface area contributed by atoms with Crippen LogP contribution < -0.4 is 5.32 Å². The highest BCUT2D eigenvalue weighted by molar-refractivity contribution is 6.76. The zero-order valence-electron chi connectivity index (χ0n) is 9.61. The van der Waals surface area contributed by atoms with Gasteiger partial charge in [0.25, 0.3) is 9.70 Å². The van der Waals surface area contributed by atoms with Gasteiger partial charge in [0, 0.05) is 0 Å². The largest absolute Gasteiger partial charge is 0.343 e. The van der Waals surface area contributed by atoms with Crippen LogP contribution >= 0.6 is 34.8 Å². The first-order valence-corrected chi connectivity index (χ1v) is 5.90. The number of hydrogen-bond acceptors (Lipinski definition) is 1. The first kappa shape index (κ1) is 15.8. The van der Waals surface area contributed by atoms with Crippen molar-refractivity contribution in [1.82, 2.24) is 5.32 Å². The zero-order valence-corrected chi connectivity index (χ0v) is 11.9. The Morgan fingerprint density at radius 1 is 1.38 bits per heavy atom. The molecule has 0 saturated heterocycles. The molecule has 0 aromatic heterocycles. The molecule has 0 fully saturated rings. The monoisotopic (exact) mass is 283 g/mol. The Morgan fingerprint density at radius 3 is 2.19 bits per heavy atom. The van der Waals surface area contributed by atoms with Gasteiger partial charge in [0.1, 0.15) is 0 Å². The summed E-state index contributed by atoms with van der Waals surface area (Å²) < 4.78 is -1.95. The van der Waals surface area contributed by atoms with Crippen LogP contribution in [0.5, 0.6) is 0 Å². The van der Waals surface area contributed by atoms with Crippen molar-refractivity contribution in [2.75, 3.05) is 0 Å². The molecule has 0 aromatic rings. The number of rotatable bonds is 4. The first-order valence-electron chi connectivity index (χ1n) is 4.77. The van der Waals surface area contributed by atoms with Crippen LogP contribution in [0.4, 0.5) is 0 Å². The van der Waals surface area contributed by atoms with Crippen LogP contribution in [-0.2, 0) is 4.79 Å². The van der Waals surface area contributed by atoms with Crippen molar-refractivity contribution in [2.24, 2.45) is 0 Å². The third-order valence-electron chi connectivity index (χ3n) is 2.04. The molecule has 1 atom stereocenters. The third kappa shape index (κ3) is 5.78. The predicted octanol–water partition coefficient (Wildman–Crippen LogP) is 3.77. The van der Waals surface area contributed by atoms with Crippen LogP contribution in [0.25, 0.3) is 0 Å². The van der Waals surface area contributed by atoms with Gasteiger partial charge in [-0.3, -0.25) is 4.79 Å². The summed E-state index contributed by atoms with van der Waals surface area (Å²) in [5, 5.41) is 2.64. The topological polar surface area (TPSA) is 29.1 Å². The molecule has 92 valence electrons. The molecule has 0 bridgehead atoms. The normalized spacial score (nSPS) is 14.9. The quantitative estimate of drug-likeness (QED) is 0.618. The molecule has 2 nitrogen and oxygen atoms in total. The number of hydrogen-bond donors (Lipinski definition) is 1. The van der Waals surface area contributed by atoms with E-state index in [9.17, 15) is 4.79 Å². The van der Waals surface area contributed by atoms with Gasteiger partial charge in [-0.2, -0.15) is 0 Å². The predicted molar refractivity (Wildman–Crippen MR) is 71.1 cm³/mol. The number of carbonyl (C=O) groups is 1. The maximum atomic E-state index is 11.5. The van der Waals surface area contributed by atoms with Gasteiger partial charge in [-0.15, -0.1) is 6.58 Å². The number of halogens is 3. The number of alkyl halides is 3. The Labute approximate surface area is 112 Å². The Bertz CT molecular complexity index is 303. The van der Waals surface area contributed by atoms with Gasteiger partial charge in [0.05, 0.1) is 5.54 Å². The summed E-state index contributed by atoms with van der Waals surface area (Å²) in [5.74, 6) is -0.651. The van der Waals surface area contributed by atoms with Crippen LogP contribution in [0.3, 0.4) is 0 Å².